The molecule has 7 nitrogen and oxygen atoms in total. The molecule has 1 aromatic rings. The summed E-state index contributed by atoms with van der Waals surface area (Å²) in [6.07, 6.45) is 0. The monoisotopic (exact) mass is 206 g/mol. The molecule has 0 aliphatic heterocycles. The molecule has 1 rings (SSSR count). The van der Waals surface area contributed by atoms with Crippen molar-refractivity contribution in [1.82, 2.24) is 0 Å². The first-order chi connectivity index (χ1) is 7.06. The zero-order valence-electron chi connectivity index (χ0n) is 7.75. The summed E-state index contributed by atoms with van der Waals surface area (Å²) in [5.41, 5.74) is 8.18. The van der Waals surface area contributed by atoms with Crippen LogP contribution in [0.4, 0.5) is 5.69 Å². The summed E-state index contributed by atoms with van der Waals surface area (Å²) >= 11 is 0. The van der Waals surface area contributed by atoms with Crippen LogP contribution in [-0.4, -0.2) is 10.8 Å². The fraction of sp³-hybridized carbons (Fsp3) is 0.125. The zero-order valence-corrected chi connectivity index (χ0v) is 7.75. The smallest absolute Gasteiger partial charge is 0.280 e. The van der Waals surface area contributed by atoms with Crippen molar-refractivity contribution in [3.05, 3.63) is 49.9 Å². The summed E-state index contributed by atoms with van der Waals surface area (Å²) in [7, 11) is 0. The predicted octanol–water partition coefficient (Wildman–Crippen LogP) is 2.35. The highest BCUT2D eigenvalue weighted by Crippen LogP contribution is 2.20. The molecule has 0 atom stereocenters. The summed E-state index contributed by atoms with van der Waals surface area (Å²) in [6, 6.07) is 4.02. The Morgan fingerprint density at radius 3 is 2.80 bits per heavy atom. The van der Waals surface area contributed by atoms with Crippen molar-refractivity contribution in [3.63, 3.8) is 0 Å². The number of nitrogens with zero attached hydrogens (tertiary/aromatic N) is 4. The molecule has 0 heterocycles. The van der Waals surface area contributed by atoms with Gasteiger partial charge in [0.05, 0.1) is 4.92 Å². The molecule has 0 fully saturated rings. The standard InChI is InChI=1S/C8H6N4O3/c1-5-2-3-7(12(14)15)6(4-5)8(13)10-11-9/h2-4H,1H3. The van der Waals surface area contributed by atoms with Crippen LogP contribution in [0.15, 0.2) is 23.3 Å². The van der Waals surface area contributed by atoms with Crippen LogP contribution in [0.3, 0.4) is 0 Å². The van der Waals surface area contributed by atoms with Gasteiger partial charge in [0.1, 0.15) is 5.56 Å². The van der Waals surface area contributed by atoms with Crippen LogP contribution >= 0.6 is 0 Å². The second-order valence-electron chi connectivity index (χ2n) is 2.77. The van der Waals surface area contributed by atoms with Gasteiger partial charge in [-0.25, -0.2) is 0 Å². The zero-order chi connectivity index (χ0) is 11.4. The van der Waals surface area contributed by atoms with Gasteiger partial charge in [-0.15, -0.1) is 0 Å². The van der Waals surface area contributed by atoms with Gasteiger partial charge >= 0.3 is 0 Å². The highest BCUT2D eigenvalue weighted by atomic mass is 16.6. The Bertz CT molecular complexity index is 477. The summed E-state index contributed by atoms with van der Waals surface area (Å²) < 4.78 is 0. The van der Waals surface area contributed by atoms with Gasteiger partial charge < -0.3 is 0 Å². The number of benzene rings is 1. The maximum Gasteiger partial charge on any atom is 0.280 e. The molecule has 0 aliphatic rings. The number of amides is 1. The van der Waals surface area contributed by atoms with Crippen molar-refractivity contribution in [2.45, 2.75) is 6.92 Å². The summed E-state index contributed by atoms with van der Waals surface area (Å²) in [5.74, 6) is -0.951. The minimum absolute atomic E-state index is 0.196. The van der Waals surface area contributed by atoms with Crippen molar-refractivity contribution < 1.29 is 9.72 Å². The first-order valence-corrected chi connectivity index (χ1v) is 3.90. The number of nitro groups is 1. The van der Waals surface area contributed by atoms with Crippen LogP contribution in [0.1, 0.15) is 15.9 Å². The van der Waals surface area contributed by atoms with E-state index in [1.807, 2.05) is 0 Å². The lowest BCUT2D eigenvalue weighted by Crippen LogP contribution is -2.01. The van der Waals surface area contributed by atoms with Crippen molar-refractivity contribution in [2.75, 3.05) is 0 Å². The molecule has 1 amide bonds. The molecule has 0 spiro atoms. The lowest BCUT2D eigenvalue weighted by Gasteiger charge is -1.99. The molecule has 76 valence electrons. The van der Waals surface area contributed by atoms with E-state index in [1.54, 1.807) is 6.92 Å². The van der Waals surface area contributed by atoms with Crippen molar-refractivity contribution in [3.8, 4) is 0 Å². The number of hydrogen-bond donors (Lipinski definition) is 0. The first kappa shape index (κ1) is 10.7. The summed E-state index contributed by atoms with van der Waals surface area (Å²) in [6.45, 7) is 1.68. The van der Waals surface area contributed by atoms with Crippen LogP contribution < -0.4 is 0 Å². The maximum absolute atomic E-state index is 11.2. The van der Waals surface area contributed by atoms with E-state index in [2.05, 4.69) is 10.0 Å². The molecule has 1 aromatic carbocycles. The average Bonchev–Trinajstić information content (AvgIpc) is 2.17. The minimum atomic E-state index is -0.951. The lowest BCUT2D eigenvalue weighted by atomic mass is 10.1. The highest BCUT2D eigenvalue weighted by molar-refractivity contribution is 5.98. The van der Waals surface area contributed by atoms with Gasteiger partial charge in [-0.05, 0) is 29.2 Å². The van der Waals surface area contributed by atoms with Gasteiger partial charge in [0.25, 0.3) is 11.6 Å². The number of aryl methyl sites for hydroxylation is 1. The molecule has 0 bridgehead atoms. The van der Waals surface area contributed by atoms with Gasteiger partial charge in [0, 0.05) is 11.0 Å². The molecular weight excluding hydrogens is 200 g/mol. The second-order valence-corrected chi connectivity index (χ2v) is 2.77. The molecule has 0 radical (unpaired) electrons. The minimum Gasteiger partial charge on any atom is -0.287 e. The molecule has 7 heteroatoms. The van der Waals surface area contributed by atoms with E-state index in [4.69, 9.17) is 5.53 Å². The lowest BCUT2D eigenvalue weighted by molar-refractivity contribution is -0.385. The van der Waals surface area contributed by atoms with E-state index in [0.29, 0.717) is 5.56 Å². The normalized spacial score (nSPS) is 9.13. The van der Waals surface area contributed by atoms with Gasteiger partial charge in [-0.1, -0.05) is 6.07 Å². The quantitative estimate of drug-likeness (QED) is 0.243. The fourth-order valence-electron chi connectivity index (χ4n) is 1.07. The molecule has 0 aromatic heterocycles. The van der Waals surface area contributed by atoms with Crippen LogP contribution in [0.5, 0.6) is 0 Å². The summed E-state index contributed by atoms with van der Waals surface area (Å²) in [5, 5.41) is 13.4. The van der Waals surface area contributed by atoms with E-state index >= 15 is 0 Å². The third kappa shape index (κ3) is 2.29. The van der Waals surface area contributed by atoms with Crippen LogP contribution in [0, 0.1) is 17.0 Å². The topological polar surface area (TPSA) is 109 Å². The Balaban J connectivity index is 3.36. The largest absolute Gasteiger partial charge is 0.287 e. The van der Waals surface area contributed by atoms with Gasteiger partial charge in [-0.3, -0.25) is 14.9 Å². The SMILES string of the molecule is Cc1ccc([N+](=O)[O-])c(C(=O)N=[N+]=[N-])c1. The molecular formula is C8H6N4O3. The maximum atomic E-state index is 11.2. The molecule has 0 aliphatic carbocycles. The fourth-order valence-corrected chi connectivity index (χ4v) is 1.07. The predicted molar refractivity (Wildman–Crippen MR) is 51.3 cm³/mol. The van der Waals surface area contributed by atoms with Gasteiger partial charge in [-0.2, -0.15) is 0 Å². The average molecular weight is 206 g/mol. The van der Waals surface area contributed by atoms with E-state index in [-0.39, 0.29) is 11.3 Å². The molecule has 15 heavy (non-hydrogen) atoms. The van der Waals surface area contributed by atoms with E-state index in [1.165, 1.54) is 18.2 Å². The van der Waals surface area contributed by atoms with Gasteiger partial charge in [0.2, 0.25) is 0 Å². The van der Waals surface area contributed by atoms with Crippen molar-refractivity contribution >= 4 is 11.6 Å². The van der Waals surface area contributed by atoms with Crippen LogP contribution in [-0.2, 0) is 0 Å². The Kier molecular flexibility index (Phi) is 3.00. The molecule has 0 saturated carbocycles. The van der Waals surface area contributed by atoms with E-state index < -0.39 is 10.8 Å². The van der Waals surface area contributed by atoms with Crippen LogP contribution in [0.25, 0.3) is 10.4 Å². The summed E-state index contributed by atoms with van der Waals surface area (Å²) in [4.78, 5) is 23.4. The van der Waals surface area contributed by atoms with E-state index in [0.717, 1.165) is 0 Å². The number of nitro benzene ring substituents is 1. The van der Waals surface area contributed by atoms with Gasteiger partial charge in [0.15, 0.2) is 0 Å². The number of carbonyl (C=O) groups excluding carboxylic acids is 1. The molecule has 0 N–H and O–H groups in total. The Labute approximate surface area is 84.1 Å². The van der Waals surface area contributed by atoms with Crippen LogP contribution in [0.2, 0.25) is 0 Å². The third-order valence-corrected chi connectivity index (χ3v) is 1.71. The number of rotatable bonds is 2. The number of azide groups is 1. The van der Waals surface area contributed by atoms with E-state index in [9.17, 15) is 14.9 Å². The Hall–Kier alpha value is -2.40. The molecule has 0 unspecified atom stereocenters. The van der Waals surface area contributed by atoms with Crippen molar-refractivity contribution in [2.24, 2.45) is 5.11 Å². The second kappa shape index (κ2) is 4.21. The Morgan fingerprint density at radius 1 is 1.60 bits per heavy atom. The number of carbonyl (C=O) groups is 1. The first-order valence-electron chi connectivity index (χ1n) is 3.90. The number of hydrogen-bond acceptors (Lipinski definition) is 3. The Morgan fingerprint density at radius 2 is 2.27 bits per heavy atom. The van der Waals surface area contributed by atoms with Crippen molar-refractivity contribution in [1.29, 1.82) is 0 Å². The highest BCUT2D eigenvalue weighted by Gasteiger charge is 2.18. The molecule has 0 saturated heterocycles. The third-order valence-electron chi connectivity index (χ3n) is 1.71.